The van der Waals surface area contributed by atoms with E-state index in [1.54, 1.807) is 25.1 Å². The minimum Gasteiger partial charge on any atom is -0.348 e. The number of hydrogen-bond donors (Lipinski definition) is 1. The van der Waals surface area contributed by atoms with Gasteiger partial charge >= 0.3 is 5.69 Å². The maximum atomic E-state index is 12.4. The molecular formula is C18H19ClN4O3. The van der Waals surface area contributed by atoms with Gasteiger partial charge in [-0.3, -0.25) is 14.2 Å². The molecule has 1 aromatic carbocycles. The van der Waals surface area contributed by atoms with E-state index in [1.165, 1.54) is 10.8 Å². The molecule has 2 rings (SSSR count). The Morgan fingerprint density at radius 2 is 1.92 bits per heavy atom. The highest BCUT2D eigenvalue weighted by Crippen LogP contribution is 2.19. The van der Waals surface area contributed by atoms with Gasteiger partial charge in [0.1, 0.15) is 18.2 Å². The van der Waals surface area contributed by atoms with Gasteiger partial charge < -0.3 is 5.32 Å². The van der Waals surface area contributed by atoms with E-state index >= 15 is 0 Å². The summed E-state index contributed by atoms with van der Waals surface area (Å²) in [5.74, 6) is -0.483. The normalized spacial score (nSPS) is 11.6. The van der Waals surface area contributed by atoms with Crippen molar-refractivity contribution in [3.8, 4) is 6.07 Å². The van der Waals surface area contributed by atoms with E-state index in [1.807, 2.05) is 19.1 Å². The van der Waals surface area contributed by atoms with Crippen LogP contribution in [0.25, 0.3) is 0 Å². The van der Waals surface area contributed by atoms with Crippen molar-refractivity contribution in [2.24, 2.45) is 0 Å². The van der Waals surface area contributed by atoms with E-state index in [0.717, 1.165) is 10.1 Å². The van der Waals surface area contributed by atoms with Crippen molar-refractivity contribution in [2.45, 2.75) is 39.4 Å². The summed E-state index contributed by atoms with van der Waals surface area (Å²) in [6.07, 6.45) is 1.83. The number of aryl methyl sites for hydroxylation is 1. The highest BCUT2D eigenvalue weighted by atomic mass is 35.5. The molecule has 26 heavy (non-hydrogen) atoms. The Morgan fingerprint density at radius 1 is 1.27 bits per heavy atom. The maximum Gasteiger partial charge on any atom is 0.331 e. The standard InChI is InChI=1S/C18H19ClN4O3/c1-3-15(12-5-7-14(19)8-6-12)21-16(24)11-23-17(25)13(9-20)10-22(4-2)18(23)26/h5-8,10,15H,3-4,11H2,1-2H3,(H,21,24). The maximum absolute atomic E-state index is 12.4. The second-order valence-corrected chi connectivity index (χ2v) is 6.13. The summed E-state index contributed by atoms with van der Waals surface area (Å²) >= 11 is 5.88. The van der Waals surface area contributed by atoms with Gasteiger partial charge in [0.25, 0.3) is 5.56 Å². The highest BCUT2D eigenvalue weighted by Gasteiger charge is 2.17. The van der Waals surface area contributed by atoms with Crippen molar-refractivity contribution < 1.29 is 4.79 Å². The molecule has 1 N–H and O–H groups in total. The number of carbonyl (C=O) groups excluding carboxylic acids is 1. The van der Waals surface area contributed by atoms with E-state index in [-0.39, 0.29) is 18.2 Å². The average molecular weight is 375 g/mol. The number of rotatable bonds is 6. The molecule has 7 nitrogen and oxygen atoms in total. The van der Waals surface area contributed by atoms with Gasteiger partial charge in [0, 0.05) is 17.8 Å². The largest absolute Gasteiger partial charge is 0.348 e. The summed E-state index contributed by atoms with van der Waals surface area (Å²) < 4.78 is 2.01. The van der Waals surface area contributed by atoms with Gasteiger partial charge in [-0.2, -0.15) is 5.26 Å². The van der Waals surface area contributed by atoms with Crippen LogP contribution < -0.4 is 16.6 Å². The number of carbonyl (C=O) groups is 1. The topological polar surface area (TPSA) is 96.9 Å². The molecule has 136 valence electrons. The number of halogens is 1. The Morgan fingerprint density at radius 3 is 2.46 bits per heavy atom. The molecule has 0 radical (unpaired) electrons. The van der Waals surface area contributed by atoms with Crippen LogP contribution in [0.2, 0.25) is 5.02 Å². The van der Waals surface area contributed by atoms with Crippen molar-refractivity contribution in [3.05, 3.63) is 67.4 Å². The van der Waals surface area contributed by atoms with Crippen LogP contribution in [0, 0.1) is 11.3 Å². The zero-order valence-corrected chi connectivity index (χ0v) is 15.3. The van der Waals surface area contributed by atoms with Crippen LogP contribution in [0.4, 0.5) is 0 Å². The average Bonchev–Trinajstić information content (AvgIpc) is 2.64. The number of nitrogens with one attached hydrogen (secondary N) is 1. The van der Waals surface area contributed by atoms with Crippen LogP contribution in [0.5, 0.6) is 0 Å². The van der Waals surface area contributed by atoms with Gasteiger partial charge in [0.2, 0.25) is 5.91 Å². The van der Waals surface area contributed by atoms with Crippen LogP contribution in [0.1, 0.15) is 37.4 Å². The molecule has 8 heteroatoms. The lowest BCUT2D eigenvalue weighted by atomic mass is 10.0. The fraction of sp³-hybridized carbons (Fsp3) is 0.333. The van der Waals surface area contributed by atoms with Crippen LogP contribution in [-0.2, 0) is 17.9 Å². The molecule has 0 saturated heterocycles. The molecule has 0 aliphatic rings. The van der Waals surface area contributed by atoms with Crippen molar-refractivity contribution in [1.29, 1.82) is 5.26 Å². The summed E-state index contributed by atoms with van der Waals surface area (Å²) in [7, 11) is 0. The molecule has 1 unspecified atom stereocenters. The summed E-state index contributed by atoms with van der Waals surface area (Å²) in [4.78, 5) is 36.9. The van der Waals surface area contributed by atoms with Crippen LogP contribution in [0.15, 0.2) is 40.1 Å². The molecule has 1 heterocycles. The summed E-state index contributed by atoms with van der Waals surface area (Å²) in [6, 6.07) is 8.56. The molecule has 0 fully saturated rings. The molecule has 1 amide bonds. The third-order valence-electron chi connectivity index (χ3n) is 4.02. The van der Waals surface area contributed by atoms with Crippen molar-refractivity contribution >= 4 is 17.5 Å². The molecule has 0 aliphatic carbocycles. The number of hydrogen-bond acceptors (Lipinski definition) is 4. The molecule has 0 saturated carbocycles. The molecular weight excluding hydrogens is 356 g/mol. The number of aromatic nitrogens is 2. The summed E-state index contributed by atoms with van der Waals surface area (Å²) in [5.41, 5.74) is -0.693. The Hall–Kier alpha value is -2.85. The van der Waals surface area contributed by atoms with Gasteiger partial charge in [-0.25, -0.2) is 9.36 Å². The lowest BCUT2D eigenvalue weighted by Crippen LogP contribution is -2.44. The Bertz CT molecular complexity index is 954. The molecule has 1 atom stereocenters. The minimum absolute atomic E-state index is 0.177. The highest BCUT2D eigenvalue weighted by molar-refractivity contribution is 6.30. The Kier molecular flexibility index (Phi) is 6.36. The van der Waals surface area contributed by atoms with Crippen molar-refractivity contribution in [2.75, 3.05) is 0 Å². The summed E-state index contributed by atoms with van der Waals surface area (Å²) in [5, 5.41) is 12.5. The van der Waals surface area contributed by atoms with Gasteiger partial charge in [0.05, 0.1) is 6.04 Å². The molecule has 0 spiro atoms. The van der Waals surface area contributed by atoms with Crippen LogP contribution >= 0.6 is 11.6 Å². The van der Waals surface area contributed by atoms with Crippen molar-refractivity contribution in [1.82, 2.24) is 14.5 Å². The van der Waals surface area contributed by atoms with Crippen LogP contribution in [0.3, 0.4) is 0 Å². The van der Waals surface area contributed by atoms with Gasteiger partial charge in [0.15, 0.2) is 0 Å². The Labute approximate surface area is 155 Å². The van der Waals surface area contributed by atoms with E-state index in [0.29, 0.717) is 11.4 Å². The third-order valence-corrected chi connectivity index (χ3v) is 4.27. The zero-order chi connectivity index (χ0) is 19.3. The number of amides is 1. The first kappa shape index (κ1) is 19.5. The van der Waals surface area contributed by atoms with E-state index in [9.17, 15) is 14.4 Å². The van der Waals surface area contributed by atoms with Gasteiger partial charge in [-0.1, -0.05) is 30.7 Å². The van der Waals surface area contributed by atoms with E-state index in [4.69, 9.17) is 16.9 Å². The third kappa shape index (κ3) is 4.21. The SMILES string of the molecule is CCC(NC(=O)Cn1c(=O)c(C#N)cn(CC)c1=O)c1ccc(Cl)cc1. The lowest BCUT2D eigenvalue weighted by molar-refractivity contribution is -0.122. The second-order valence-electron chi connectivity index (χ2n) is 5.69. The van der Waals surface area contributed by atoms with Gasteiger partial charge in [-0.05, 0) is 31.0 Å². The first-order valence-corrected chi connectivity index (χ1v) is 8.58. The van der Waals surface area contributed by atoms with E-state index in [2.05, 4.69) is 5.32 Å². The molecule has 2 aromatic rings. The first-order valence-electron chi connectivity index (χ1n) is 8.20. The number of benzene rings is 1. The number of nitrogens with zero attached hydrogens (tertiary/aromatic N) is 3. The van der Waals surface area contributed by atoms with Crippen molar-refractivity contribution in [3.63, 3.8) is 0 Å². The fourth-order valence-corrected chi connectivity index (χ4v) is 2.72. The predicted molar refractivity (Wildman–Crippen MR) is 98.0 cm³/mol. The zero-order valence-electron chi connectivity index (χ0n) is 14.5. The second kappa shape index (κ2) is 8.50. The van der Waals surface area contributed by atoms with Gasteiger partial charge in [-0.15, -0.1) is 0 Å². The smallest absolute Gasteiger partial charge is 0.331 e. The Balaban J connectivity index is 2.27. The molecule has 0 aliphatic heterocycles. The molecule has 1 aromatic heterocycles. The molecule has 0 bridgehead atoms. The first-order chi connectivity index (χ1) is 12.4. The fourth-order valence-electron chi connectivity index (χ4n) is 2.60. The minimum atomic E-state index is -0.767. The predicted octanol–water partition coefficient (Wildman–Crippen LogP) is 1.82. The van der Waals surface area contributed by atoms with E-state index < -0.39 is 23.7 Å². The number of nitriles is 1. The monoisotopic (exact) mass is 374 g/mol. The lowest BCUT2D eigenvalue weighted by Gasteiger charge is -2.18. The summed E-state index contributed by atoms with van der Waals surface area (Å²) in [6.45, 7) is 3.46. The van der Waals surface area contributed by atoms with Crippen LogP contribution in [-0.4, -0.2) is 15.0 Å². The quantitative estimate of drug-likeness (QED) is 0.834.